The maximum absolute atomic E-state index is 13.2. The van der Waals surface area contributed by atoms with Crippen molar-refractivity contribution in [2.75, 3.05) is 25.0 Å². The van der Waals surface area contributed by atoms with E-state index in [1.165, 1.54) is 12.1 Å². The van der Waals surface area contributed by atoms with Gasteiger partial charge in [-0.05, 0) is 37.6 Å². The molecule has 0 amide bonds. The summed E-state index contributed by atoms with van der Waals surface area (Å²) in [6.45, 7) is 1.45. The zero-order valence-corrected chi connectivity index (χ0v) is 10.3. The number of halogens is 1. The summed E-state index contributed by atoms with van der Waals surface area (Å²) in [7, 11) is 1.64. The fourth-order valence-electron chi connectivity index (χ4n) is 2.33. The van der Waals surface area contributed by atoms with Crippen molar-refractivity contribution < 1.29 is 14.3 Å². The van der Waals surface area contributed by atoms with Gasteiger partial charge in [-0.2, -0.15) is 0 Å². The van der Waals surface area contributed by atoms with Gasteiger partial charge in [0.15, 0.2) is 0 Å². The van der Waals surface area contributed by atoms with Crippen LogP contribution in [-0.2, 0) is 11.2 Å². The Balaban J connectivity index is 2.01. The number of carbonyl (C=O) groups is 1. The van der Waals surface area contributed by atoms with Crippen LogP contribution in [0, 0.1) is 5.82 Å². The summed E-state index contributed by atoms with van der Waals surface area (Å²) in [5, 5.41) is 11.7. The van der Waals surface area contributed by atoms with Crippen LogP contribution in [-0.4, -0.2) is 37.3 Å². The first-order chi connectivity index (χ1) is 8.61. The van der Waals surface area contributed by atoms with E-state index < -0.39 is 12.0 Å². The number of aliphatic carboxylic acids is 1. The molecule has 1 aromatic carbocycles. The van der Waals surface area contributed by atoms with E-state index >= 15 is 0 Å². The maximum Gasteiger partial charge on any atom is 0.320 e. The third-order valence-corrected chi connectivity index (χ3v) is 3.37. The molecule has 0 aliphatic carbocycles. The number of carboxylic acid groups (broad SMARTS) is 1. The van der Waals surface area contributed by atoms with Crippen molar-refractivity contribution in [1.82, 2.24) is 5.32 Å². The second kappa shape index (κ2) is 5.35. The van der Waals surface area contributed by atoms with Crippen molar-refractivity contribution in [3.63, 3.8) is 0 Å². The van der Waals surface area contributed by atoms with Gasteiger partial charge in [0.25, 0.3) is 0 Å². The molecule has 1 aliphatic rings. The van der Waals surface area contributed by atoms with Gasteiger partial charge >= 0.3 is 5.97 Å². The van der Waals surface area contributed by atoms with Crippen LogP contribution in [0.25, 0.3) is 0 Å². The predicted molar refractivity (Wildman–Crippen MR) is 67.4 cm³/mol. The number of carboxylic acids is 1. The van der Waals surface area contributed by atoms with Gasteiger partial charge in [0.1, 0.15) is 11.9 Å². The molecule has 2 N–H and O–H groups in total. The molecule has 1 atom stereocenters. The molecule has 0 aromatic heterocycles. The summed E-state index contributed by atoms with van der Waals surface area (Å²) in [6.07, 6.45) is 1.40. The van der Waals surface area contributed by atoms with E-state index in [9.17, 15) is 9.18 Å². The number of fused-ring (bicyclic) bond motifs is 1. The molecule has 1 heterocycles. The lowest BCUT2D eigenvalue weighted by Gasteiger charge is -2.21. The zero-order chi connectivity index (χ0) is 13.1. The Morgan fingerprint density at radius 3 is 3.06 bits per heavy atom. The third kappa shape index (κ3) is 2.61. The molecule has 0 bridgehead atoms. The number of nitrogens with zero attached hydrogens (tertiary/aromatic N) is 1. The maximum atomic E-state index is 13.2. The van der Waals surface area contributed by atoms with Gasteiger partial charge in [-0.3, -0.25) is 4.79 Å². The lowest BCUT2D eigenvalue weighted by molar-refractivity contribution is -0.139. The van der Waals surface area contributed by atoms with Crippen molar-refractivity contribution in [3.8, 4) is 0 Å². The molecular weight excluding hydrogens is 235 g/mol. The summed E-state index contributed by atoms with van der Waals surface area (Å²) in [5.41, 5.74) is 2.03. The molecule has 0 radical (unpaired) electrons. The third-order valence-electron chi connectivity index (χ3n) is 3.37. The van der Waals surface area contributed by atoms with E-state index in [-0.39, 0.29) is 5.82 Å². The van der Waals surface area contributed by atoms with Gasteiger partial charge in [0.2, 0.25) is 0 Å². The molecule has 1 unspecified atom stereocenters. The number of anilines is 1. The van der Waals surface area contributed by atoms with E-state index in [2.05, 4.69) is 5.32 Å². The smallest absolute Gasteiger partial charge is 0.320 e. The predicted octanol–water partition coefficient (Wildman–Crippen LogP) is 1.25. The van der Waals surface area contributed by atoms with Gasteiger partial charge in [-0.15, -0.1) is 0 Å². The number of hydrogen-bond acceptors (Lipinski definition) is 3. The SMILES string of the molecule is CNC(CCN1CCc2ccc(F)cc21)C(=O)O. The highest BCUT2D eigenvalue weighted by atomic mass is 19.1. The summed E-state index contributed by atoms with van der Waals surface area (Å²) in [5.74, 6) is -1.10. The lowest BCUT2D eigenvalue weighted by Crippen LogP contribution is -2.37. The average Bonchev–Trinajstić information content (AvgIpc) is 2.72. The van der Waals surface area contributed by atoms with E-state index in [4.69, 9.17) is 5.11 Å². The second-order valence-corrected chi connectivity index (χ2v) is 4.48. The zero-order valence-electron chi connectivity index (χ0n) is 10.3. The number of nitrogens with one attached hydrogen (secondary N) is 1. The van der Waals surface area contributed by atoms with Crippen molar-refractivity contribution in [2.45, 2.75) is 18.9 Å². The van der Waals surface area contributed by atoms with Crippen LogP contribution in [0.5, 0.6) is 0 Å². The van der Waals surface area contributed by atoms with Crippen molar-refractivity contribution in [3.05, 3.63) is 29.6 Å². The Labute approximate surface area is 105 Å². The van der Waals surface area contributed by atoms with Gasteiger partial charge in [-0.25, -0.2) is 4.39 Å². The van der Waals surface area contributed by atoms with E-state index in [0.29, 0.717) is 13.0 Å². The van der Waals surface area contributed by atoms with Gasteiger partial charge in [0.05, 0.1) is 0 Å². The quantitative estimate of drug-likeness (QED) is 0.828. The highest BCUT2D eigenvalue weighted by Crippen LogP contribution is 2.28. The Morgan fingerprint density at radius 2 is 2.39 bits per heavy atom. The lowest BCUT2D eigenvalue weighted by atomic mass is 10.1. The average molecular weight is 252 g/mol. The first kappa shape index (κ1) is 12.8. The number of rotatable bonds is 5. The minimum atomic E-state index is -0.851. The molecule has 5 heteroatoms. The summed E-state index contributed by atoms with van der Waals surface area (Å²) in [4.78, 5) is 12.9. The minimum Gasteiger partial charge on any atom is -0.480 e. The normalized spacial score (nSPS) is 15.6. The Morgan fingerprint density at radius 1 is 1.61 bits per heavy atom. The van der Waals surface area contributed by atoms with E-state index in [1.807, 2.05) is 4.90 Å². The molecule has 0 saturated carbocycles. The van der Waals surface area contributed by atoms with E-state index in [1.54, 1.807) is 13.1 Å². The molecule has 0 fully saturated rings. The molecule has 1 aromatic rings. The van der Waals surface area contributed by atoms with Crippen molar-refractivity contribution in [1.29, 1.82) is 0 Å². The number of likely N-dealkylation sites (N-methyl/N-ethyl adjacent to an activating group) is 1. The molecule has 1 aliphatic heterocycles. The largest absolute Gasteiger partial charge is 0.480 e. The topological polar surface area (TPSA) is 52.6 Å². The monoisotopic (exact) mass is 252 g/mol. The van der Waals surface area contributed by atoms with Crippen LogP contribution in [0.1, 0.15) is 12.0 Å². The Kier molecular flexibility index (Phi) is 3.81. The second-order valence-electron chi connectivity index (χ2n) is 4.48. The standard InChI is InChI=1S/C13H17FN2O2/c1-15-11(13(17)18)5-7-16-6-4-9-2-3-10(14)8-12(9)16/h2-3,8,11,15H,4-7H2,1H3,(H,17,18). The fraction of sp³-hybridized carbons (Fsp3) is 0.462. The van der Waals surface area contributed by atoms with Gasteiger partial charge in [0, 0.05) is 18.8 Å². The number of hydrogen-bond donors (Lipinski definition) is 2. The highest BCUT2D eigenvalue weighted by Gasteiger charge is 2.22. The summed E-state index contributed by atoms with van der Waals surface area (Å²) >= 11 is 0. The molecule has 0 saturated heterocycles. The van der Waals surface area contributed by atoms with Crippen molar-refractivity contribution in [2.24, 2.45) is 0 Å². The van der Waals surface area contributed by atoms with Gasteiger partial charge < -0.3 is 15.3 Å². The van der Waals surface area contributed by atoms with Crippen LogP contribution in [0.2, 0.25) is 0 Å². The minimum absolute atomic E-state index is 0.246. The Bertz CT molecular complexity index is 451. The number of benzene rings is 1. The highest BCUT2D eigenvalue weighted by molar-refractivity contribution is 5.73. The summed E-state index contributed by atoms with van der Waals surface area (Å²) in [6, 6.07) is 4.24. The van der Waals surface area contributed by atoms with Crippen LogP contribution < -0.4 is 10.2 Å². The van der Waals surface area contributed by atoms with Crippen LogP contribution in [0.3, 0.4) is 0 Å². The first-order valence-corrected chi connectivity index (χ1v) is 6.05. The molecular formula is C13H17FN2O2. The van der Waals surface area contributed by atoms with Crippen LogP contribution in [0.4, 0.5) is 10.1 Å². The van der Waals surface area contributed by atoms with E-state index in [0.717, 1.165) is 24.2 Å². The fourth-order valence-corrected chi connectivity index (χ4v) is 2.33. The van der Waals surface area contributed by atoms with Gasteiger partial charge in [-0.1, -0.05) is 6.07 Å². The molecule has 4 nitrogen and oxygen atoms in total. The molecule has 2 rings (SSSR count). The molecule has 18 heavy (non-hydrogen) atoms. The van der Waals surface area contributed by atoms with Crippen LogP contribution in [0.15, 0.2) is 18.2 Å². The Hall–Kier alpha value is -1.62. The molecule has 98 valence electrons. The summed E-state index contributed by atoms with van der Waals surface area (Å²) < 4.78 is 13.2. The molecule has 0 spiro atoms. The first-order valence-electron chi connectivity index (χ1n) is 6.05. The van der Waals surface area contributed by atoms with Crippen molar-refractivity contribution >= 4 is 11.7 Å². The van der Waals surface area contributed by atoms with Crippen LogP contribution >= 0.6 is 0 Å².